The Labute approximate surface area is 125 Å². The number of carbonyl (C=O) groups excluding carboxylic acids is 1. The second-order valence-corrected chi connectivity index (χ2v) is 4.74. The molecule has 1 amide bonds. The average Bonchev–Trinajstić information content (AvgIpc) is 2.37. The maximum Gasteiger partial charge on any atom is 0.409 e. The summed E-state index contributed by atoms with van der Waals surface area (Å²) in [5, 5.41) is 3.24. The van der Waals surface area contributed by atoms with Crippen LogP contribution in [0.25, 0.3) is 0 Å². The van der Waals surface area contributed by atoms with Gasteiger partial charge in [0.25, 0.3) is 0 Å². The molecule has 7 heteroatoms. The number of benzene rings is 1. The van der Waals surface area contributed by atoms with Gasteiger partial charge in [-0.3, -0.25) is 0 Å². The van der Waals surface area contributed by atoms with Crippen molar-refractivity contribution >= 4 is 23.5 Å². The van der Waals surface area contributed by atoms with E-state index in [1.165, 1.54) is 24.3 Å². The Morgan fingerprint density at radius 2 is 2.05 bits per heavy atom. The number of carbonyl (C=O) groups is 1. The lowest BCUT2D eigenvalue weighted by Gasteiger charge is -2.15. The average molecular weight is 310 g/mol. The SMILES string of the molecule is C[C@H](Nc1cc(OC(N)=O)cc(Cl)n1)c1ccc(F)cc1. The number of rotatable bonds is 4. The van der Waals surface area contributed by atoms with Gasteiger partial charge in [0.05, 0.1) is 0 Å². The number of hydrogen-bond donors (Lipinski definition) is 2. The maximum atomic E-state index is 12.9. The summed E-state index contributed by atoms with van der Waals surface area (Å²) in [4.78, 5) is 14.8. The van der Waals surface area contributed by atoms with E-state index in [1.807, 2.05) is 6.92 Å². The molecule has 2 rings (SSSR count). The van der Waals surface area contributed by atoms with E-state index in [2.05, 4.69) is 10.3 Å². The molecule has 0 unspecified atom stereocenters. The van der Waals surface area contributed by atoms with Gasteiger partial charge in [-0.1, -0.05) is 23.7 Å². The molecule has 0 radical (unpaired) electrons. The molecule has 5 nitrogen and oxygen atoms in total. The molecule has 0 aliphatic rings. The van der Waals surface area contributed by atoms with Crippen molar-refractivity contribution in [2.75, 3.05) is 5.32 Å². The number of hydrogen-bond acceptors (Lipinski definition) is 4. The number of halogens is 2. The number of amides is 1. The molecule has 0 spiro atoms. The van der Waals surface area contributed by atoms with Crippen LogP contribution in [-0.4, -0.2) is 11.1 Å². The minimum absolute atomic E-state index is 0.141. The highest BCUT2D eigenvalue weighted by molar-refractivity contribution is 6.29. The zero-order valence-corrected chi connectivity index (χ0v) is 11.9. The third-order valence-electron chi connectivity index (χ3n) is 2.72. The van der Waals surface area contributed by atoms with Gasteiger partial charge < -0.3 is 15.8 Å². The van der Waals surface area contributed by atoms with Crippen LogP contribution in [0.5, 0.6) is 5.75 Å². The zero-order chi connectivity index (χ0) is 15.4. The van der Waals surface area contributed by atoms with E-state index in [0.29, 0.717) is 5.82 Å². The van der Waals surface area contributed by atoms with Crippen molar-refractivity contribution < 1.29 is 13.9 Å². The van der Waals surface area contributed by atoms with Crippen molar-refractivity contribution in [1.82, 2.24) is 4.98 Å². The lowest BCUT2D eigenvalue weighted by atomic mass is 10.1. The van der Waals surface area contributed by atoms with Crippen molar-refractivity contribution in [2.24, 2.45) is 5.73 Å². The normalized spacial score (nSPS) is 11.8. The monoisotopic (exact) mass is 309 g/mol. The molecule has 1 aromatic heterocycles. The van der Waals surface area contributed by atoms with Gasteiger partial charge in [0.1, 0.15) is 22.5 Å². The first kappa shape index (κ1) is 15.1. The summed E-state index contributed by atoms with van der Waals surface area (Å²) in [5.41, 5.74) is 5.82. The Bertz CT molecular complexity index is 649. The van der Waals surface area contributed by atoms with Gasteiger partial charge in [0.2, 0.25) is 0 Å². The third-order valence-corrected chi connectivity index (χ3v) is 2.91. The number of nitrogens with two attached hydrogens (primary N) is 1. The fraction of sp³-hybridized carbons (Fsp3) is 0.143. The first-order chi connectivity index (χ1) is 9.94. The minimum atomic E-state index is -0.935. The number of nitrogens with one attached hydrogen (secondary N) is 1. The molecule has 2 aromatic rings. The summed E-state index contributed by atoms with van der Waals surface area (Å²) in [7, 11) is 0. The van der Waals surface area contributed by atoms with E-state index in [4.69, 9.17) is 22.1 Å². The van der Waals surface area contributed by atoms with Crippen LogP contribution in [0.3, 0.4) is 0 Å². The molecule has 0 aliphatic heterocycles. The number of pyridine rings is 1. The molecular formula is C14H13ClFN3O2. The second kappa shape index (κ2) is 6.41. The minimum Gasteiger partial charge on any atom is -0.410 e. The summed E-state index contributed by atoms with van der Waals surface area (Å²) in [5.74, 6) is 0.302. The number of ether oxygens (including phenoxy) is 1. The van der Waals surface area contributed by atoms with Crippen LogP contribution in [0.4, 0.5) is 15.0 Å². The molecule has 3 N–H and O–H groups in total. The standard InChI is InChI=1S/C14H13ClFN3O2/c1-8(9-2-4-10(16)5-3-9)18-13-7-11(21-14(17)20)6-12(15)19-13/h2-8H,1H3,(H2,17,20)(H,18,19)/t8-/m0/s1. The lowest BCUT2D eigenvalue weighted by Crippen LogP contribution is -2.16. The van der Waals surface area contributed by atoms with Crippen molar-refractivity contribution in [2.45, 2.75) is 13.0 Å². The van der Waals surface area contributed by atoms with Crippen molar-refractivity contribution in [3.63, 3.8) is 0 Å². The molecule has 0 fully saturated rings. The van der Waals surface area contributed by atoms with Crippen molar-refractivity contribution in [3.8, 4) is 5.75 Å². The Kier molecular flexibility index (Phi) is 4.59. The Morgan fingerprint density at radius 3 is 2.67 bits per heavy atom. The highest BCUT2D eigenvalue weighted by Gasteiger charge is 2.09. The fourth-order valence-electron chi connectivity index (χ4n) is 1.78. The smallest absolute Gasteiger partial charge is 0.409 e. The van der Waals surface area contributed by atoms with Crippen LogP contribution in [0.15, 0.2) is 36.4 Å². The molecular weight excluding hydrogens is 297 g/mol. The summed E-state index contributed by atoms with van der Waals surface area (Å²) in [6.07, 6.45) is -0.935. The quantitative estimate of drug-likeness (QED) is 0.847. The summed E-state index contributed by atoms with van der Waals surface area (Å²) in [6.45, 7) is 1.88. The van der Waals surface area contributed by atoms with Crippen LogP contribution < -0.4 is 15.8 Å². The zero-order valence-electron chi connectivity index (χ0n) is 11.1. The number of nitrogens with zero attached hydrogens (tertiary/aromatic N) is 1. The van der Waals surface area contributed by atoms with Gasteiger partial charge >= 0.3 is 6.09 Å². The Morgan fingerprint density at radius 1 is 1.38 bits per heavy atom. The predicted octanol–water partition coefficient (Wildman–Crippen LogP) is 3.50. The molecule has 1 heterocycles. The van der Waals surface area contributed by atoms with Gasteiger partial charge in [0, 0.05) is 18.2 Å². The van der Waals surface area contributed by atoms with E-state index in [9.17, 15) is 9.18 Å². The molecule has 1 aromatic carbocycles. The fourth-order valence-corrected chi connectivity index (χ4v) is 1.98. The van der Waals surface area contributed by atoms with Crippen LogP contribution >= 0.6 is 11.6 Å². The molecule has 1 atom stereocenters. The summed E-state index contributed by atoms with van der Waals surface area (Å²) >= 11 is 5.85. The molecule has 110 valence electrons. The van der Waals surface area contributed by atoms with Crippen molar-refractivity contribution in [3.05, 3.63) is 52.9 Å². The van der Waals surface area contributed by atoms with E-state index in [-0.39, 0.29) is 22.8 Å². The first-order valence-corrected chi connectivity index (χ1v) is 6.48. The number of primary amides is 1. The topological polar surface area (TPSA) is 77.2 Å². The van der Waals surface area contributed by atoms with E-state index >= 15 is 0 Å². The maximum absolute atomic E-state index is 12.9. The first-order valence-electron chi connectivity index (χ1n) is 6.11. The van der Waals surface area contributed by atoms with Gasteiger partial charge in [-0.25, -0.2) is 14.2 Å². The van der Waals surface area contributed by atoms with E-state index in [0.717, 1.165) is 5.56 Å². The third kappa shape index (κ3) is 4.32. The Hall–Kier alpha value is -2.34. The largest absolute Gasteiger partial charge is 0.410 e. The number of anilines is 1. The van der Waals surface area contributed by atoms with Crippen LogP contribution in [0.2, 0.25) is 5.15 Å². The second-order valence-electron chi connectivity index (χ2n) is 4.35. The van der Waals surface area contributed by atoms with Gasteiger partial charge in [0.15, 0.2) is 0 Å². The Balaban J connectivity index is 2.16. The van der Waals surface area contributed by atoms with Crippen LogP contribution in [0.1, 0.15) is 18.5 Å². The van der Waals surface area contributed by atoms with Crippen molar-refractivity contribution in [1.29, 1.82) is 0 Å². The van der Waals surface area contributed by atoms with Gasteiger partial charge in [-0.15, -0.1) is 0 Å². The molecule has 21 heavy (non-hydrogen) atoms. The van der Waals surface area contributed by atoms with Crippen LogP contribution in [-0.2, 0) is 0 Å². The highest BCUT2D eigenvalue weighted by atomic mass is 35.5. The molecule has 0 saturated carbocycles. The number of aromatic nitrogens is 1. The molecule has 0 aliphatic carbocycles. The van der Waals surface area contributed by atoms with Gasteiger partial charge in [-0.2, -0.15) is 0 Å². The van der Waals surface area contributed by atoms with E-state index < -0.39 is 6.09 Å². The summed E-state index contributed by atoms with van der Waals surface area (Å²) < 4.78 is 17.7. The van der Waals surface area contributed by atoms with Crippen LogP contribution in [0, 0.1) is 5.82 Å². The van der Waals surface area contributed by atoms with Gasteiger partial charge in [-0.05, 0) is 24.6 Å². The predicted molar refractivity (Wildman–Crippen MR) is 77.9 cm³/mol. The summed E-state index contributed by atoms with van der Waals surface area (Å²) in [6, 6.07) is 8.81. The highest BCUT2D eigenvalue weighted by Crippen LogP contribution is 2.24. The lowest BCUT2D eigenvalue weighted by molar-refractivity contribution is 0.211. The molecule has 0 bridgehead atoms. The van der Waals surface area contributed by atoms with E-state index in [1.54, 1.807) is 12.1 Å². The molecule has 0 saturated heterocycles.